The van der Waals surface area contributed by atoms with Crippen molar-refractivity contribution in [2.24, 2.45) is 0 Å². The maximum absolute atomic E-state index is 6.09. The maximum Gasteiger partial charge on any atom is 0.235 e. The van der Waals surface area contributed by atoms with Crippen LogP contribution in [0, 0.1) is 13.8 Å². The molecule has 126 valence electrons. The average molecular weight is 325 g/mol. The lowest BCUT2D eigenvalue weighted by atomic mass is 10.1. The summed E-state index contributed by atoms with van der Waals surface area (Å²) in [5, 5.41) is 0. The summed E-state index contributed by atoms with van der Waals surface area (Å²) in [5.41, 5.74) is 2.94. The van der Waals surface area contributed by atoms with Crippen LogP contribution in [0.2, 0.25) is 0 Å². The molecule has 2 aromatic heterocycles. The van der Waals surface area contributed by atoms with E-state index in [0.29, 0.717) is 11.8 Å². The molecule has 2 aliphatic rings. The second kappa shape index (κ2) is 6.34. The van der Waals surface area contributed by atoms with E-state index in [2.05, 4.69) is 30.9 Å². The minimum Gasteiger partial charge on any atom is -0.473 e. The van der Waals surface area contributed by atoms with Gasteiger partial charge in [0.05, 0.1) is 11.4 Å². The summed E-state index contributed by atoms with van der Waals surface area (Å²) in [6.45, 7) is 5.78. The van der Waals surface area contributed by atoms with Crippen LogP contribution < -0.4 is 9.64 Å². The van der Waals surface area contributed by atoms with Gasteiger partial charge in [0, 0.05) is 49.8 Å². The monoisotopic (exact) mass is 325 g/mol. The van der Waals surface area contributed by atoms with E-state index < -0.39 is 0 Å². The Kier molecular flexibility index (Phi) is 4.04. The quantitative estimate of drug-likeness (QED) is 0.861. The van der Waals surface area contributed by atoms with Crippen LogP contribution in [-0.4, -0.2) is 39.1 Å². The van der Waals surface area contributed by atoms with Crippen LogP contribution in [-0.2, 0) is 0 Å². The zero-order valence-electron chi connectivity index (χ0n) is 14.3. The van der Waals surface area contributed by atoms with Gasteiger partial charge in [-0.2, -0.15) is 0 Å². The summed E-state index contributed by atoms with van der Waals surface area (Å²) in [5.74, 6) is 2.39. The average Bonchev–Trinajstić information content (AvgIpc) is 3.44. The molecular weight excluding hydrogens is 302 g/mol. The van der Waals surface area contributed by atoms with Crippen molar-refractivity contribution in [1.29, 1.82) is 0 Å². The van der Waals surface area contributed by atoms with Crippen molar-refractivity contribution in [2.75, 3.05) is 18.0 Å². The molecule has 1 aliphatic heterocycles. The van der Waals surface area contributed by atoms with E-state index in [1.54, 1.807) is 12.5 Å². The molecule has 0 unspecified atom stereocenters. The first-order chi connectivity index (χ1) is 11.7. The predicted molar refractivity (Wildman–Crippen MR) is 91.4 cm³/mol. The topological polar surface area (TPSA) is 64.0 Å². The Morgan fingerprint density at radius 2 is 1.83 bits per heavy atom. The number of nitrogens with zero attached hydrogens (tertiary/aromatic N) is 5. The molecule has 0 bridgehead atoms. The third-order valence-corrected chi connectivity index (χ3v) is 4.75. The molecule has 0 N–H and O–H groups in total. The molecule has 0 amide bonds. The zero-order valence-corrected chi connectivity index (χ0v) is 14.3. The summed E-state index contributed by atoms with van der Waals surface area (Å²) in [4.78, 5) is 20.0. The van der Waals surface area contributed by atoms with Gasteiger partial charge >= 0.3 is 0 Å². The molecular formula is C18H23N5O. The lowest BCUT2D eigenvalue weighted by molar-refractivity contribution is 0.161. The van der Waals surface area contributed by atoms with Gasteiger partial charge in [-0.05, 0) is 26.7 Å². The van der Waals surface area contributed by atoms with Crippen molar-refractivity contribution in [1.82, 2.24) is 19.9 Å². The molecule has 0 radical (unpaired) electrons. The highest BCUT2D eigenvalue weighted by atomic mass is 16.5. The number of aryl methyl sites for hydroxylation is 2. The van der Waals surface area contributed by atoms with Crippen LogP contribution >= 0.6 is 0 Å². The van der Waals surface area contributed by atoms with Gasteiger partial charge in [-0.15, -0.1) is 0 Å². The van der Waals surface area contributed by atoms with Gasteiger partial charge in [0.25, 0.3) is 0 Å². The minimum absolute atomic E-state index is 0.195. The standard InChI is InChI=1S/C18H23N5O/c1-12-10-19-13(2)18(22-12)24-15-5-7-23(8-6-15)17-9-16(14-3-4-14)20-11-21-17/h9-11,14-15H,3-8H2,1-2H3. The molecule has 1 aliphatic carbocycles. The number of rotatable bonds is 4. The number of hydrogen-bond acceptors (Lipinski definition) is 6. The summed E-state index contributed by atoms with van der Waals surface area (Å²) >= 11 is 0. The molecule has 6 nitrogen and oxygen atoms in total. The molecule has 2 aromatic rings. The minimum atomic E-state index is 0.195. The lowest BCUT2D eigenvalue weighted by Gasteiger charge is -2.32. The Labute approximate surface area is 142 Å². The first kappa shape index (κ1) is 15.3. The van der Waals surface area contributed by atoms with Crippen molar-refractivity contribution in [3.8, 4) is 5.88 Å². The van der Waals surface area contributed by atoms with Crippen molar-refractivity contribution in [3.63, 3.8) is 0 Å². The van der Waals surface area contributed by atoms with E-state index in [1.165, 1.54) is 18.5 Å². The third-order valence-electron chi connectivity index (χ3n) is 4.75. The highest BCUT2D eigenvalue weighted by Crippen LogP contribution is 2.39. The summed E-state index contributed by atoms with van der Waals surface area (Å²) in [6.07, 6.45) is 8.15. The fraction of sp³-hybridized carbons (Fsp3) is 0.556. The molecule has 0 atom stereocenters. The number of hydrogen-bond donors (Lipinski definition) is 0. The number of ether oxygens (including phenoxy) is 1. The van der Waals surface area contributed by atoms with Gasteiger partial charge in [0.2, 0.25) is 5.88 Å². The summed E-state index contributed by atoms with van der Waals surface area (Å²) < 4.78 is 6.09. The van der Waals surface area contributed by atoms with E-state index in [9.17, 15) is 0 Å². The van der Waals surface area contributed by atoms with Crippen LogP contribution in [0.15, 0.2) is 18.6 Å². The van der Waals surface area contributed by atoms with E-state index in [-0.39, 0.29) is 6.10 Å². The summed E-state index contributed by atoms with van der Waals surface area (Å²) in [7, 11) is 0. The normalized spacial score (nSPS) is 18.7. The predicted octanol–water partition coefficient (Wildman–Crippen LogP) is 2.81. The Hall–Kier alpha value is -2.24. The Morgan fingerprint density at radius 1 is 1.04 bits per heavy atom. The van der Waals surface area contributed by atoms with Gasteiger partial charge in [-0.25, -0.2) is 15.0 Å². The molecule has 0 aromatic carbocycles. The number of anilines is 1. The number of piperidine rings is 1. The Bertz CT molecular complexity index is 723. The number of aromatic nitrogens is 4. The van der Waals surface area contributed by atoms with Crippen LogP contribution in [0.25, 0.3) is 0 Å². The third kappa shape index (κ3) is 3.32. The van der Waals surface area contributed by atoms with Gasteiger partial charge in [0.15, 0.2) is 0 Å². The highest BCUT2D eigenvalue weighted by Gasteiger charge is 2.27. The molecule has 4 rings (SSSR count). The Morgan fingerprint density at radius 3 is 2.58 bits per heavy atom. The molecule has 24 heavy (non-hydrogen) atoms. The molecule has 3 heterocycles. The van der Waals surface area contributed by atoms with Crippen LogP contribution in [0.5, 0.6) is 5.88 Å². The maximum atomic E-state index is 6.09. The molecule has 2 fully saturated rings. The Balaban J connectivity index is 1.38. The first-order valence-corrected chi connectivity index (χ1v) is 8.73. The van der Waals surface area contributed by atoms with E-state index in [1.807, 2.05) is 13.8 Å². The second-order valence-corrected chi connectivity index (χ2v) is 6.78. The SMILES string of the molecule is Cc1cnc(C)c(OC2CCN(c3cc(C4CC4)ncn3)CC2)n1. The molecule has 1 saturated carbocycles. The fourth-order valence-electron chi connectivity index (χ4n) is 3.12. The van der Waals surface area contributed by atoms with E-state index in [4.69, 9.17) is 4.74 Å². The zero-order chi connectivity index (χ0) is 16.5. The van der Waals surface area contributed by atoms with Crippen LogP contribution in [0.1, 0.15) is 48.7 Å². The van der Waals surface area contributed by atoms with E-state index >= 15 is 0 Å². The summed E-state index contributed by atoms with van der Waals surface area (Å²) in [6, 6.07) is 2.16. The molecule has 6 heteroatoms. The smallest absolute Gasteiger partial charge is 0.235 e. The molecule has 0 spiro atoms. The van der Waals surface area contributed by atoms with E-state index in [0.717, 1.165) is 43.1 Å². The largest absolute Gasteiger partial charge is 0.473 e. The molecule has 1 saturated heterocycles. The van der Waals surface area contributed by atoms with Crippen molar-refractivity contribution in [3.05, 3.63) is 35.7 Å². The second-order valence-electron chi connectivity index (χ2n) is 6.78. The van der Waals surface area contributed by atoms with Crippen LogP contribution in [0.3, 0.4) is 0 Å². The van der Waals surface area contributed by atoms with Crippen molar-refractivity contribution >= 4 is 5.82 Å². The van der Waals surface area contributed by atoms with Crippen molar-refractivity contribution in [2.45, 2.75) is 51.6 Å². The van der Waals surface area contributed by atoms with Gasteiger partial charge in [0.1, 0.15) is 18.2 Å². The van der Waals surface area contributed by atoms with Gasteiger partial charge in [-0.3, -0.25) is 4.98 Å². The lowest BCUT2D eigenvalue weighted by Crippen LogP contribution is -2.39. The van der Waals surface area contributed by atoms with Gasteiger partial charge in [-0.1, -0.05) is 0 Å². The van der Waals surface area contributed by atoms with Crippen molar-refractivity contribution < 1.29 is 4.74 Å². The van der Waals surface area contributed by atoms with Crippen LogP contribution in [0.4, 0.5) is 5.82 Å². The fourth-order valence-corrected chi connectivity index (χ4v) is 3.12. The highest BCUT2D eigenvalue weighted by molar-refractivity contribution is 5.41. The van der Waals surface area contributed by atoms with Gasteiger partial charge < -0.3 is 9.64 Å². The first-order valence-electron chi connectivity index (χ1n) is 8.73.